The number of rotatable bonds is 5. The largest absolute Gasteiger partial charge is 0.480 e. The fourth-order valence-electron chi connectivity index (χ4n) is 2.06. The van der Waals surface area contributed by atoms with E-state index in [-0.39, 0.29) is 18.1 Å². The maximum absolute atomic E-state index is 12.1. The molecule has 1 aliphatic heterocycles. The average Bonchev–Trinajstić information content (AvgIpc) is 2.43. The molecular weight excluding hydrogens is 248 g/mol. The summed E-state index contributed by atoms with van der Waals surface area (Å²) >= 11 is 0. The molecule has 0 aromatic rings. The summed E-state index contributed by atoms with van der Waals surface area (Å²) in [6, 6.07) is -1.14. The van der Waals surface area contributed by atoms with Crippen LogP contribution in [0, 0.1) is 5.92 Å². The van der Waals surface area contributed by atoms with Crippen LogP contribution in [0.4, 0.5) is 4.79 Å². The van der Waals surface area contributed by atoms with Gasteiger partial charge in [-0.15, -0.1) is 0 Å². The van der Waals surface area contributed by atoms with Crippen LogP contribution in [0.2, 0.25) is 0 Å². The van der Waals surface area contributed by atoms with E-state index >= 15 is 0 Å². The number of hydrogen-bond donors (Lipinski definition) is 2. The van der Waals surface area contributed by atoms with Crippen molar-refractivity contribution in [2.24, 2.45) is 5.92 Å². The molecule has 1 rings (SSSR count). The van der Waals surface area contributed by atoms with Gasteiger partial charge in [0.2, 0.25) is 0 Å². The zero-order valence-electron chi connectivity index (χ0n) is 11.9. The Kier molecular flexibility index (Phi) is 6.08. The molecule has 1 fully saturated rings. The molecule has 0 aromatic heterocycles. The van der Waals surface area contributed by atoms with Gasteiger partial charge >= 0.3 is 12.0 Å². The highest BCUT2D eigenvalue weighted by atomic mass is 16.5. The molecule has 0 aliphatic carbocycles. The summed E-state index contributed by atoms with van der Waals surface area (Å²) in [7, 11) is 0. The third-order valence-electron chi connectivity index (χ3n) is 3.64. The number of ether oxygens (including phenoxy) is 1. The van der Waals surface area contributed by atoms with Crippen molar-refractivity contribution in [1.29, 1.82) is 0 Å². The van der Waals surface area contributed by atoms with E-state index in [0.29, 0.717) is 26.1 Å². The molecule has 6 heteroatoms. The molecule has 0 spiro atoms. The molecule has 6 nitrogen and oxygen atoms in total. The standard InChI is InChI=1S/C13H24N2O4/c1-4-9(3)11(12(16)17)14-13(18)15-6-7-19-10(5-2)8-15/h9-11H,4-8H2,1-3H3,(H,14,18)(H,16,17)/t9?,10?,11-/m0/s1. The average molecular weight is 272 g/mol. The quantitative estimate of drug-likeness (QED) is 0.791. The van der Waals surface area contributed by atoms with Crippen LogP contribution < -0.4 is 5.32 Å². The molecule has 110 valence electrons. The number of carboxylic acid groups (broad SMARTS) is 1. The van der Waals surface area contributed by atoms with E-state index in [1.165, 1.54) is 0 Å². The Hall–Kier alpha value is -1.30. The highest BCUT2D eigenvalue weighted by molar-refractivity contribution is 5.82. The van der Waals surface area contributed by atoms with Crippen molar-refractivity contribution in [3.8, 4) is 0 Å². The Bertz CT molecular complexity index is 322. The fraction of sp³-hybridized carbons (Fsp3) is 0.846. The molecule has 3 atom stereocenters. The summed E-state index contributed by atoms with van der Waals surface area (Å²) in [5.41, 5.74) is 0. The van der Waals surface area contributed by atoms with E-state index in [1.807, 2.05) is 20.8 Å². The van der Waals surface area contributed by atoms with Gasteiger partial charge in [0.25, 0.3) is 0 Å². The number of nitrogens with zero attached hydrogens (tertiary/aromatic N) is 1. The first kappa shape index (κ1) is 15.8. The summed E-state index contributed by atoms with van der Waals surface area (Å²) in [4.78, 5) is 24.9. The first-order chi connectivity index (χ1) is 8.99. The van der Waals surface area contributed by atoms with Gasteiger partial charge in [0.05, 0.1) is 12.7 Å². The predicted octanol–water partition coefficient (Wildman–Crippen LogP) is 1.31. The summed E-state index contributed by atoms with van der Waals surface area (Å²) in [6.45, 7) is 7.28. The van der Waals surface area contributed by atoms with Crippen molar-refractivity contribution in [1.82, 2.24) is 10.2 Å². The molecular formula is C13H24N2O4. The number of hydrogen-bond acceptors (Lipinski definition) is 3. The molecule has 19 heavy (non-hydrogen) atoms. The normalized spacial score (nSPS) is 22.7. The van der Waals surface area contributed by atoms with E-state index in [1.54, 1.807) is 4.90 Å². The second kappa shape index (κ2) is 7.33. The molecule has 2 amide bonds. The van der Waals surface area contributed by atoms with Gasteiger partial charge in [0.1, 0.15) is 6.04 Å². The van der Waals surface area contributed by atoms with E-state index in [0.717, 1.165) is 6.42 Å². The van der Waals surface area contributed by atoms with Crippen LogP contribution in [0.1, 0.15) is 33.6 Å². The maximum Gasteiger partial charge on any atom is 0.326 e. The number of carbonyl (C=O) groups excluding carboxylic acids is 1. The van der Waals surface area contributed by atoms with Crippen LogP contribution in [0.15, 0.2) is 0 Å². The van der Waals surface area contributed by atoms with E-state index in [4.69, 9.17) is 9.84 Å². The van der Waals surface area contributed by atoms with Crippen molar-refractivity contribution in [2.75, 3.05) is 19.7 Å². The Labute approximate surface area is 114 Å². The Morgan fingerprint density at radius 3 is 2.68 bits per heavy atom. The Morgan fingerprint density at radius 1 is 1.47 bits per heavy atom. The minimum Gasteiger partial charge on any atom is -0.480 e. The van der Waals surface area contributed by atoms with Crippen LogP contribution in [0.5, 0.6) is 0 Å². The fourth-order valence-corrected chi connectivity index (χ4v) is 2.06. The zero-order valence-corrected chi connectivity index (χ0v) is 11.9. The Balaban J connectivity index is 2.58. The number of carbonyl (C=O) groups is 2. The lowest BCUT2D eigenvalue weighted by molar-refractivity contribution is -0.140. The molecule has 2 N–H and O–H groups in total. The van der Waals surface area contributed by atoms with Gasteiger partial charge in [0.15, 0.2) is 0 Å². The predicted molar refractivity (Wildman–Crippen MR) is 71.0 cm³/mol. The van der Waals surface area contributed by atoms with Gasteiger partial charge in [0, 0.05) is 13.1 Å². The summed E-state index contributed by atoms with van der Waals surface area (Å²) in [5, 5.41) is 11.8. The summed E-state index contributed by atoms with van der Waals surface area (Å²) in [6.07, 6.45) is 1.60. The first-order valence-corrected chi connectivity index (χ1v) is 6.89. The number of amides is 2. The van der Waals surface area contributed by atoms with Crippen molar-refractivity contribution >= 4 is 12.0 Å². The van der Waals surface area contributed by atoms with E-state index < -0.39 is 12.0 Å². The van der Waals surface area contributed by atoms with Gasteiger partial charge in [-0.2, -0.15) is 0 Å². The highest BCUT2D eigenvalue weighted by Crippen LogP contribution is 2.11. The van der Waals surface area contributed by atoms with Crippen LogP contribution >= 0.6 is 0 Å². The minimum absolute atomic E-state index is 0.0476. The van der Waals surface area contributed by atoms with Crippen LogP contribution in [-0.2, 0) is 9.53 Å². The van der Waals surface area contributed by atoms with Gasteiger partial charge in [-0.1, -0.05) is 27.2 Å². The SMILES string of the molecule is CCC1CN(C(=O)N[C@H](C(=O)O)C(C)CC)CCO1. The van der Waals surface area contributed by atoms with Gasteiger partial charge in [-0.05, 0) is 12.3 Å². The van der Waals surface area contributed by atoms with Crippen LogP contribution in [0.25, 0.3) is 0 Å². The lowest BCUT2D eigenvalue weighted by Gasteiger charge is -2.33. The monoisotopic (exact) mass is 272 g/mol. The lowest BCUT2D eigenvalue weighted by Crippen LogP contribution is -2.54. The number of nitrogens with one attached hydrogen (secondary N) is 1. The molecule has 0 saturated carbocycles. The minimum atomic E-state index is -0.983. The second-order valence-corrected chi connectivity index (χ2v) is 5.00. The molecule has 1 saturated heterocycles. The molecule has 1 aliphatic rings. The first-order valence-electron chi connectivity index (χ1n) is 6.89. The van der Waals surface area contributed by atoms with Gasteiger partial charge in [-0.25, -0.2) is 9.59 Å². The van der Waals surface area contributed by atoms with Gasteiger partial charge < -0.3 is 20.1 Å². The van der Waals surface area contributed by atoms with Crippen molar-refractivity contribution in [3.63, 3.8) is 0 Å². The van der Waals surface area contributed by atoms with Crippen molar-refractivity contribution in [3.05, 3.63) is 0 Å². The smallest absolute Gasteiger partial charge is 0.326 e. The highest BCUT2D eigenvalue weighted by Gasteiger charge is 2.29. The summed E-state index contributed by atoms with van der Waals surface area (Å²) < 4.78 is 5.49. The molecule has 1 heterocycles. The zero-order chi connectivity index (χ0) is 14.4. The van der Waals surface area contributed by atoms with E-state index in [2.05, 4.69) is 5.32 Å². The maximum atomic E-state index is 12.1. The molecule has 2 unspecified atom stereocenters. The molecule has 0 radical (unpaired) electrons. The summed E-state index contributed by atoms with van der Waals surface area (Å²) in [5.74, 6) is -1.08. The van der Waals surface area contributed by atoms with Crippen molar-refractivity contribution in [2.45, 2.75) is 45.8 Å². The molecule has 0 aromatic carbocycles. The number of aliphatic carboxylic acids is 1. The third-order valence-corrected chi connectivity index (χ3v) is 3.64. The van der Waals surface area contributed by atoms with Crippen LogP contribution in [0.3, 0.4) is 0 Å². The van der Waals surface area contributed by atoms with Crippen LogP contribution in [-0.4, -0.2) is 53.8 Å². The number of urea groups is 1. The second-order valence-electron chi connectivity index (χ2n) is 5.00. The van der Waals surface area contributed by atoms with Gasteiger partial charge in [-0.3, -0.25) is 0 Å². The molecule has 0 bridgehead atoms. The van der Waals surface area contributed by atoms with Crippen molar-refractivity contribution < 1.29 is 19.4 Å². The lowest BCUT2D eigenvalue weighted by atomic mass is 9.99. The third kappa shape index (κ3) is 4.38. The number of morpholine rings is 1. The topological polar surface area (TPSA) is 78.9 Å². The van der Waals surface area contributed by atoms with E-state index in [9.17, 15) is 9.59 Å². The Morgan fingerprint density at radius 2 is 2.16 bits per heavy atom. The number of carboxylic acids is 1.